The van der Waals surface area contributed by atoms with Crippen molar-refractivity contribution in [2.24, 2.45) is 0 Å². The fraction of sp³-hybridized carbons (Fsp3) is 0.500. The van der Waals surface area contributed by atoms with Crippen LogP contribution in [0.25, 0.3) is 11.2 Å². The summed E-state index contributed by atoms with van der Waals surface area (Å²) in [5.74, 6) is -0.0536. The van der Waals surface area contributed by atoms with Gasteiger partial charge in [-0.2, -0.15) is 4.98 Å². The van der Waals surface area contributed by atoms with Crippen LogP contribution < -0.4 is 11.3 Å². The van der Waals surface area contributed by atoms with E-state index in [1.807, 2.05) is 0 Å². The molecule has 108 valence electrons. The van der Waals surface area contributed by atoms with E-state index in [4.69, 9.17) is 5.73 Å². The van der Waals surface area contributed by atoms with E-state index in [1.165, 1.54) is 10.9 Å². The van der Waals surface area contributed by atoms with E-state index in [9.17, 15) is 19.6 Å². The molecule has 1 fully saturated rings. The molecule has 2 aromatic rings. The lowest BCUT2D eigenvalue weighted by Crippen LogP contribution is -2.22. The van der Waals surface area contributed by atoms with Gasteiger partial charge in [0, 0.05) is 12.3 Å². The van der Waals surface area contributed by atoms with Crippen molar-refractivity contribution >= 4 is 24.3 Å². The Morgan fingerprint density at radius 1 is 1.55 bits per heavy atom. The van der Waals surface area contributed by atoms with Crippen molar-refractivity contribution in [1.29, 1.82) is 0 Å². The minimum Gasteiger partial charge on any atom is -0.390 e. The first-order chi connectivity index (χ1) is 9.43. The number of nitrogen functional groups attached to an aromatic ring is 1. The first kappa shape index (κ1) is 13.3. The van der Waals surface area contributed by atoms with Gasteiger partial charge in [-0.25, -0.2) is 4.98 Å². The molecule has 3 rings (SSSR count). The highest BCUT2D eigenvalue weighted by Gasteiger charge is 2.42. The molecule has 0 aromatic carbocycles. The highest BCUT2D eigenvalue weighted by Crippen LogP contribution is 2.54. The molecule has 3 heterocycles. The Hall–Kier alpha value is -1.70. The van der Waals surface area contributed by atoms with E-state index >= 15 is 0 Å². The van der Waals surface area contributed by atoms with Crippen LogP contribution in [0.5, 0.6) is 0 Å². The summed E-state index contributed by atoms with van der Waals surface area (Å²) in [7, 11) is -2.79. The second-order valence-corrected chi connectivity index (χ2v) is 8.10. The average molecular weight is 299 g/mol. The molecule has 0 unspecified atom stereocenters. The number of nitrogens with one attached hydrogen (secondary N) is 1. The molecule has 0 saturated carbocycles. The normalized spacial score (nSPS) is 30.1. The van der Waals surface area contributed by atoms with Crippen LogP contribution in [-0.2, 0) is 4.57 Å². The topological polar surface area (TPSA) is 147 Å². The number of aromatic nitrogens is 4. The van der Waals surface area contributed by atoms with Gasteiger partial charge in [0.2, 0.25) is 5.95 Å². The first-order valence-electron chi connectivity index (χ1n) is 6.02. The Kier molecular flexibility index (Phi) is 2.93. The monoisotopic (exact) mass is 299 g/mol. The Balaban J connectivity index is 2.12. The number of hydrogen-bond donors (Lipinski definition) is 4. The Morgan fingerprint density at radius 2 is 2.30 bits per heavy atom. The van der Waals surface area contributed by atoms with E-state index in [0.717, 1.165) is 0 Å². The molecule has 1 saturated heterocycles. The van der Waals surface area contributed by atoms with Gasteiger partial charge in [0.15, 0.2) is 11.2 Å². The summed E-state index contributed by atoms with van der Waals surface area (Å²) < 4.78 is 13.7. The van der Waals surface area contributed by atoms with Crippen LogP contribution >= 0.6 is 7.14 Å². The van der Waals surface area contributed by atoms with Gasteiger partial charge in [-0.05, 0) is 0 Å². The van der Waals surface area contributed by atoms with Crippen LogP contribution in [0.4, 0.5) is 5.95 Å². The van der Waals surface area contributed by atoms with Crippen LogP contribution in [0.15, 0.2) is 11.1 Å². The van der Waals surface area contributed by atoms with Crippen LogP contribution in [0.1, 0.15) is 6.04 Å². The number of H-pyrrole nitrogens is 1. The molecule has 0 radical (unpaired) electrons. The molecular weight excluding hydrogens is 285 g/mol. The van der Waals surface area contributed by atoms with Gasteiger partial charge in [-0.3, -0.25) is 9.78 Å². The number of rotatable bonds is 2. The molecule has 1 aliphatic rings. The fourth-order valence-corrected chi connectivity index (χ4v) is 4.98. The predicted molar refractivity (Wildman–Crippen MR) is 72.0 cm³/mol. The zero-order chi connectivity index (χ0) is 14.5. The van der Waals surface area contributed by atoms with Gasteiger partial charge in [0.25, 0.3) is 5.56 Å². The quantitative estimate of drug-likeness (QED) is 0.516. The predicted octanol–water partition coefficient (Wildman–Crippen LogP) is -1.07. The Morgan fingerprint density at radius 3 is 2.95 bits per heavy atom. The number of aromatic amines is 1. The smallest absolute Gasteiger partial charge is 0.280 e. The summed E-state index contributed by atoms with van der Waals surface area (Å²) in [6, 6.07) is -0.535. The van der Waals surface area contributed by atoms with Gasteiger partial charge in [-0.15, -0.1) is 0 Å². The number of aliphatic hydroxyl groups is 2. The van der Waals surface area contributed by atoms with E-state index < -0.39 is 31.2 Å². The number of hydrogen-bond acceptors (Lipinski definition) is 7. The number of anilines is 1. The Labute approximate surface area is 112 Å². The molecule has 9 nitrogen and oxygen atoms in total. The number of aliphatic hydroxyl groups excluding tert-OH is 2. The van der Waals surface area contributed by atoms with Gasteiger partial charge >= 0.3 is 0 Å². The van der Waals surface area contributed by atoms with Crippen molar-refractivity contribution in [2.75, 3.05) is 24.4 Å². The number of fused-ring (bicyclic) bond motifs is 1. The minimum absolute atomic E-state index is 0.0481. The third-order valence-electron chi connectivity index (χ3n) is 3.55. The van der Waals surface area contributed by atoms with Gasteiger partial charge < -0.3 is 25.1 Å². The van der Waals surface area contributed by atoms with Crippen LogP contribution in [0, 0.1) is 0 Å². The van der Waals surface area contributed by atoms with E-state index in [-0.39, 0.29) is 29.4 Å². The molecule has 0 aliphatic carbocycles. The lowest BCUT2D eigenvalue weighted by Gasteiger charge is -2.15. The second kappa shape index (κ2) is 4.41. The lowest BCUT2D eigenvalue weighted by molar-refractivity contribution is 0.154. The standard InChI is InChI=1S/C10H14N5O4P/c11-10-13-8-7(9(18)14-10)12-3-15(8)5-1-20(19,4-16)2-6(5)17/h3,5-6,16-17H,1-2,4H2,(H3,11,13,14,18)/t5-,6-,20-/m0/s1. The van der Waals surface area contributed by atoms with Crippen molar-refractivity contribution in [3.05, 3.63) is 16.7 Å². The summed E-state index contributed by atoms with van der Waals surface area (Å²) in [5.41, 5.74) is 5.38. The molecule has 0 spiro atoms. The third kappa shape index (κ3) is 1.94. The number of nitrogens with two attached hydrogens (primary N) is 1. The fourth-order valence-electron chi connectivity index (χ4n) is 2.57. The highest BCUT2D eigenvalue weighted by molar-refractivity contribution is 7.64. The highest BCUT2D eigenvalue weighted by atomic mass is 31.2. The lowest BCUT2D eigenvalue weighted by atomic mass is 10.2. The molecule has 5 N–H and O–H groups in total. The molecule has 2 aromatic heterocycles. The minimum atomic E-state index is -2.79. The van der Waals surface area contributed by atoms with Crippen molar-refractivity contribution in [1.82, 2.24) is 19.5 Å². The second-order valence-electron chi connectivity index (χ2n) is 4.97. The summed E-state index contributed by atoms with van der Waals surface area (Å²) >= 11 is 0. The van der Waals surface area contributed by atoms with E-state index in [2.05, 4.69) is 15.0 Å². The maximum Gasteiger partial charge on any atom is 0.280 e. The van der Waals surface area contributed by atoms with Crippen LogP contribution in [0.3, 0.4) is 0 Å². The summed E-state index contributed by atoms with van der Waals surface area (Å²) in [6.07, 6.45) is 0.237. The first-order valence-corrected chi connectivity index (χ1v) is 8.28. The summed E-state index contributed by atoms with van der Waals surface area (Å²) in [4.78, 5) is 22.0. The molecule has 10 heteroatoms. The van der Waals surface area contributed by atoms with Crippen LogP contribution in [0.2, 0.25) is 0 Å². The average Bonchev–Trinajstić information content (AvgIpc) is 2.91. The van der Waals surface area contributed by atoms with Crippen molar-refractivity contribution in [3.8, 4) is 0 Å². The zero-order valence-electron chi connectivity index (χ0n) is 10.4. The largest absolute Gasteiger partial charge is 0.390 e. The van der Waals surface area contributed by atoms with Crippen molar-refractivity contribution in [2.45, 2.75) is 12.1 Å². The number of imidazole rings is 1. The molecule has 1 aliphatic heterocycles. The van der Waals surface area contributed by atoms with Gasteiger partial charge in [0.1, 0.15) is 7.14 Å². The van der Waals surface area contributed by atoms with Gasteiger partial charge in [-0.1, -0.05) is 0 Å². The SMILES string of the molecule is Nc1nc2c(ncn2[C@H]2C[P@@](=O)(CO)C[C@@H]2O)c(=O)[nH]1. The van der Waals surface area contributed by atoms with Crippen molar-refractivity contribution in [3.63, 3.8) is 0 Å². The number of nitrogens with zero attached hydrogens (tertiary/aromatic N) is 3. The maximum atomic E-state index is 12.2. The van der Waals surface area contributed by atoms with Crippen molar-refractivity contribution < 1.29 is 14.8 Å². The molecule has 20 heavy (non-hydrogen) atoms. The van der Waals surface area contributed by atoms with Gasteiger partial charge in [0.05, 0.1) is 24.8 Å². The van der Waals surface area contributed by atoms with E-state index in [0.29, 0.717) is 0 Å². The maximum absolute atomic E-state index is 12.2. The zero-order valence-corrected chi connectivity index (χ0v) is 11.3. The summed E-state index contributed by atoms with van der Waals surface area (Å²) in [5, 5.41) is 19.2. The molecule has 0 bridgehead atoms. The molecular formula is C10H14N5O4P. The van der Waals surface area contributed by atoms with Crippen LogP contribution in [-0.4, -0.2) is 54.5 Å². The Bertz CT molecular complexity index is 769. The molecule has 3 atom stereocenters. The van der Waals surface area contributed by atoms with E-state index in [1.54, 1.807) is 0 Å². The molecule has 0 amide bonds. The summed E-state index contributed by atoms with van der Waals surface area (Å²) in [6.45, 7) is 0. The third-order valence-corrected chi connectivity index (χ3v) is 6.14.